The summed E-state index contributed by atoms with van der Waals surface area (Å²) in [7, 11) is -3.42. The van der Waals surface area contributed by atoms with E-state index in [1.165, 1.54) is 24.3 Å². The van der Waals surface area contributed by atoms with Gasteiger partial charge >= 0.3 is 6.18 Å². The Morgan fingerprint density at radius 3 is 1.96 bits per heavy atom. The van der Waals surface area contributed by atoms with Crippen LogP contribution in [0.25, 0.3) is 11.1 Å². The molecule has 132 valence electrons. The van der Waals surface area contributed by atoms with E-state index in [0.29, 0.717) is 11.1 Å². The Bertz CT molecular complexity index is 786. The zero-order valence-electron chi connectivity index (χ0n) is 13.5. The van der Waals surface area contributed by atoms with Gasteiger partial charge in [0.25, 0.3) is 0 Å². The Labute approximate surface area is 139 Å². The molecule has 0 saturated heterocycles. The fourth-order valence-corrected chi connectivity index (χ4v) is 2.50. The smallest absolute Gasteiger partial charge is 0.398 e. The predicted octanol–water partition coefficient (Wildman–Crippen LogP) is 4.35. The van der Waals surface area contributed by atoms with Gasteiger partial charge in [0.2, 0.25) is 10.0 Å². The topological polar surface area (TPSA) is 72.2 Å². The minimum Gasteiger partial charge on any atom is -0.398 e. The van der Waals surface area contributed by atoms with Crippen LogP contribution in [-0.2, 0) is 16.2 Å². The summed E-state index contributed by atoms with van der Waals surface area (Å²) in [4.78, 5) is 0. The first kappa shape index (κ1) is 19.8. The van der Waals surface area contributed by atoms with Gasteiger partial charge in [0.1, 0.15) is 0 Å². The van der Waals surface area contributed by atoms with E-state index in [1.807, 2.05) is 13.8 Å². The standard InChI is InChI=1S/C14H13F3N2O2S.C2H6/c1-22(20,21)19-11-6-7-12(13(18)8-11)9-2-4-10(5-3-9)14(15,16)17;1-2/h2-8,19H,18H2,1H3;1-2H3. The Hall–Kier alpha value is -2.22. The van der Waals surface area contributed by atoms with Crippen LogP contribution in [0.1, 0.15) is 19.4 Å². The molecule has 4 nitrogen and oxygen atoms in total. The second kappa shape index (κ2) is 7.57. The van der Waals surface area contributed by atoms with E-state index in [2.05, 4.69) is 4.72 Å². The van der Waals surface area contributed by atoms with Crippen molar-refractivity contribution in [3.8, 4) is 11.1 Å². The lowest BCUT2D eigenvalue weighted by atomic mass is 10.0. The van der Waals surface area contributed by atoms with Gasteiger partial charge < -0.3 is 5.73 Å². The Balaban J connectivity index is 0.00000139. The van der Waals surface area contributed by atoms with Crippen LogP contribution in [0.4, 0.5) is 24.5 Å². The summed E-state index contributed by atoms with van der Waals surface area (Å²) in [5.41, 5.74) is 6.67. The quantitative estimate of drug-likeness (QED) is 0.799. The number of benzene rings is 2. The molecule has 0 saturated carbocycles. The molecule has 2 aromatic carbocycles. The number of hydrogen-bond acceptors (Lipinski definition) is 3. The summed E-state index contributed by atoms with van der Waals surface area (Å²) in [6.07, 6.45) is -3.39. The third kappa shape index (κ3) is 5.45. The van der Waals surface area contributed by atoms with Crippen molar-refractivity contribution in [3.63, 3.8) is 0 Å². The van der Waals surface area contributed by atoms with Gasteiger partial charge in [-0.2, -0.15) is 13.2 Å². The van der Waals surface area contributed by atoms with E-state index in [1.54, 1.807) is 6.07 Å². The molecule has 0 aliphatic heterocycles. The number of hydrogen-bond donors (Lipinski definition) is 2. The predicted molar refractivity (Wildman–Crippen MR) is 91.1 cm³/mol. The van der Waals surface area contributed by atoms with E-state index < -0.39 is 21.8 Å². The Morgan fingerprint density at radius 1 is 1.00 bits per heavy atom. The van der Waals surface area contributed by atoms with Gasteiger partial charge in [0.15, 0.2) is 0 Å². The summed E-state index contributed by atoms with van der Waals surface area (Å²) in [5.74, 6) is 0. The lowest BCUT2D eigenvalue weighted by molar-refractivity contribution is -0.137. The van der Waals surface area contributed by atoms with Crippen LogP contribution >= 0.6 is 0 Å². The molecular weight excluding hydrogens is 341 g/mol. The number of halogens is 3. The molecule has 0 radical (unpaired) electrons. The fourth-order valence-electron chi connectivity index (χ4n) is 1.94. The van der Waals surface area contributed by atoms with Gasteiger partial charge in [-0.25, -0.2) is 8.42 Å². The maximum atomic E-state index is 12.5. The molecule has 2 rings (SSSR count). The summed E-state index contributed by atoms with van der Waals surface area (Å²) < 4.78 is 62.1. The average molecular weight is 360 g/mol. The van der Waals surface area contributed by atoms with Crippen molar-refractivity contribution >= 4 is 21.4 Å². The van der Waals surface area contributed by atoms with Gasteiger partial charge in [0, 0.05) is 11.3 Å². The lowest BCUT2D eigenvalue weighted by Gasteiger charge is -2.11. The van der Waals surface area contributed by atoms with E-state index in [9.17, 15) is 21.6 Å². The van der Waals surface area contributed by atoms with E-state index in [-0.39, 0.29) is 11.4 Å². The van der Waals surface area contributed by atoms with Crippen molar-refractivity contribution in [1.82, 2.24) is 0 Å². The zero-order valence-corrected chi connectivity index (χ0v) is 14.3. The molecular formula is C16H19F3N2O2S. The highest BCUT2D eigenvalue weighted by Crippen LogP contribution is 2.33. The normalized spacial score (nSPS) is 11.4. The number of nitrogens with two attached hydrogens (primary N) is 1. The number of anilines is 2. The van der Waals surface area contributed by atoms with Crippen molar-refractivity contribution in [2.45, 2.75) is 20.0 Å². The van der Waals surface area contributed by atoms with Crippen LogP contribution in [0.5, 0.6) is 0 Å². The van der Waals surface area contributed by atoms with Crippen LogP contribution in [0.3, 0.4) is 0 Å². The maximum absolute atomic E-state index is 12.5. The fraction of sp³-hybridized carbons (Fsp3) is 0.250. The van der Waals surface area contributed by atoms with E-state index in [4.69, 9.17) is 5.73 Å². The van der Waals surface area contributed by atoms with Gasteiger partial charge in [-0.15, -0.1) is 0 Å². The van der Waals surface area contributed by atoms with Gasteiger partial charge in [-0.05, 0) is 29.8 Å². The first-order valence-electron chi connectivity index (χ1n) is 7.11. The van der Waals surface area contributed by atoms with Crippen molar-refractivity contribution in [1.29, 1.82) is 0 Å². The van der Waals surface area contributed by atoms with Crippen molar-refractivity contribution in [3.05, 3.63) is 48.0 Å². The van der Waals surface area contributed by atoms with Crippen LogP contribution in [0, 0.1) is 0 Å². The molecule has 0 aliphatic rings. The Kier molecular flexibility index (Phi) is 6.25. The molecule has 0 fully saturated rings. The minimum atomic E-state index is -4.40. The molecule has 8 heteroatoms. The number of nitrogen functional groups attached to an aromatic ring is 1. The number of sulfonamides is 1. The second-order valence-corrected chi connectivity index (χ2v) is 6.50. The molecule has 2 aromatic rings. The van der Waals surface area contributed by atoms with Gasteiger partial charge in [-0.3, -0.25) is 4.72 Å². The van der Waals surface area contributed by atoms with E-state index >= 15 is 0 Å². The lowest BCUT2D eigenvalue weighted by Crippen LogP contribution is -2.09. The van der Waals surface area contributed by atoms with Crippen molar-refractivity contribution in [2.24, 2.45) is 0 Å². The Morgan fingerprint density at radius 2 is 1.54 bits per heavy atom. The molecule has 0 aliphatic carbocycles. The summed E-state index contributed by atoms with van der Waals surface area (Å²) in [5, 5.41) is 0. The van der Waals surface area contributed by atoms with Crippen molar-refractivity contribution < 1.29 is 21.6 Å². The highest BCUT2D eigenvalue weighted by molar-refractivity contribution is 7.92. The minimum absolute atomic E-state index is 0.258. The molecule has 0 aromatic heterocycles. The monoisotopic (exact) mass is 360 g/mol. The van der Waals surface area contributed by atoms with Crippen LogP contribution in [0.2, 0.25) is 0 Å². The number of alkyl halides is 3. The molecule has 0 amide bonds. The maximum Gasteiger partial charge on any atom is 0.416 e. The molecule has 24 heavy (non-hydrogen) atoms. The number of rotatable bonds is 3. The molecule has 0 heterocycles. The first-order chi connectivity index (χ1) is 11.1. The molecule has 3 N–H and O–H groups in total. The highest BCUT2D eigenvalue weighted by Gasteiger charge is 2.30. The third-order valence-electron chi connectivity index (χ3n) is 2.88. The molecule has 0 bridgehead atoms. The van der Waals surface area contributed by atoms with Gasteiger partial charge in [0.05, 0.1) is 17.5 Å². The SMILES string of the molecule is CC.CS(=O)(=O)Nc1ccc(-c2ccc(C(F)(F)F)cc2)c(N)c1. The van der Waals surface area contributed by atoms with Crippen molar-refractivity contribution in [2.75, 3.05) is 16.7 Å². The zero-order chi connectivity index (χ0) is 18.5. The molecule has 0 spiro atoms. The first-order valence-corrected chi connectivity index (χ1v) is 9.00. The van der Waals surface area contributed by atoms with E-state index in [0.717, 1.165) is 18.4 Å². The summed E-state index contributed by atoms with van der Waals surface area (Å²) >= 11 is 0. The molecule has 0 atom stereocenters. The second-order valence-electron chi connectivity index (χ2n) is 4.75. The highest BCUT2D eigenvalue weighted by atomic mass is 32.2. The van der Waals surface area contributed by atoms with Crippen LogP contribution in [-0.4, -0.2) is 14.7 Å². The average Bonchev–Trinajstić information content (AvgIpc) is 2.47. The third-order valence-corrected chi connectivity index (χ3v) is 3.48. The van der Waals surface area contributed by atoms with Gasteiger partial charge in [-0.1, -0.05) is 32.0 Å². The van der Waals surface area contributed by atoms with Crippen LogP contribution < -0.4 is 10.5 Å². The largest absolute Gasteiger partial charge is 0.416 e. The molecule has 0 unspecified atom stereocenters. The summed E-state index contributed by atoms with van der Waals surface area (Å²) in [6.45, 7) is 4.00. The number of nitrogens with one attached hydrogen (secondary N) is 1. The van der Waals surface area contributed by atoms with Crippen LogP contribution in [0.15, 0.2) is 42.5 Å². The summed E-state index contributed by atoms with van der Waals surface area (Å²) in [6, 6.07) is 9.02.